The van der Waals surface area contributed by atoms with Gasteiger partial charge < -0.3 is 15.2 Å². The molecule has 2 atom stereocenters. The number of likely N-dealkylation sites (tertiary alicyclic amines) is 1. The number of halogens is 4. The molecule has 8 nitrogen and oxygen atoms in total. The molecule has 1 fully saturated rings. The first-order valence-electron chi connectivity index (χ1n) is 11.5. The van der Waals surface area contributed by atoms with Crippen molar-refractivity contribution in [1.82, 2.24) is 15.2 Å². The Morgan fingerprint density at radius 3 is 2.81 bits per heavy atom. The van der Waals surface area contributed by atoms with Crippen LogP contribution < -0.4 is 5.32 Å². The number of carbonyl (C=O) groups is 2. The molecule has 1 aromatic carbocycles. The number of thiazole rings is 1. The number of hydrogen-bond donors (Lipinski definition) is 2. The predicted molar refractivity (Wildman–Crippen MR) is 131 cm³/mol. The predicted octanol–water partition coefficient (Wildman–Crippen LogP) is 4.42. The zero-order chi connectivity index (χ0) is 26.7. The second-order valence-corrected chi connectivity index (χ2v) is 9.97. The van der Waals surface area contributed by atoms with Gasteiger partial charge in [-0.2, -0.15) is 0 Å². The molecule has 0 unspecified atom stereocenters. The molecule has 0 bridgehead atoms. The third kappa shape index (κ3) is 6.31. The first-order valence-corrected chi connectivity index (χ1v) is 12.8. The number of alkyl halides is 2. The molecule has 3 heterocycles. The molecule has 0 saturated carbocycles. The molecule has 2 aromatic rings. The van der Waals surface area contributed by atoms with Gasteiger partial charge in [0, 0.05) is 53.3 Å². The number of hydrogen-bond acceptors (Lipinski definition) is 8. The minimum atomic E-state index is -3.02. The molecule has 1 aromatic heterocycles. The Morgan fingerprint density at radius 2 is 2.16 bits per heavy atom. The van der Waals surface area contributed by atoms with Crippen molar-refractivity contribution in [2.75, 3.05) is 19.7 Å². The quantitative estimate of drug-likeness (QED) is 0.441. The van der Waals surface area contributed by atoms with Crippen molar-refractivity contribution < 1.29 is 32.6 Å². The van der Waals surface area contributed by atoms with Crippen LogP contribution in [0.1, 0.15) is 42.8 Å². The third-order valence-corrected chi connectivity index (χ3v) is 7.16. The van der Waals surface area contributed by atoms with Gasteiger partial charge in [0.25, 0.3) is 5.92 Å². The Balaban J connectivity index is 1.80. The largest absolute Gasteiger partial charge is 0.481 e. The number of aliphatic imine (C=N–C) groups is 1. The fourth-order valence-corrected chi connectivity index (χ4v) is 5.35. The van der Waals surface area contributed by atoms with Crippen LogP contribution in [0.15, 0.2) is 46.0 Å². The molecule has 0 aliphatic carbocycles. The lowest BCUT2D eigenvalue weighted by Gasteiger charge is -2.31. The van der Waals surface area contributed by atoms with Gasteiger partial charge in [0.1, 0.15) is 11.9 Å². The van der Waals surface area contributed by atoms with Crippen molar-refractivity contribution in [2.24, 2.45) is 4.99 Å². The summed E-state index contributed by atoms with van der Waals surface area (Å²) in [4.78, 5) is 34.7. The lowest BCUT2D eigenvalue weighted by atomic mass is 9.95. The van der Waals surface area contributed by atoms with Gasteiger partial charge in [0.15, 0.2) is 10.8 Å². The molecule has 2 N–H and O–H groups in total. The Labute approximate surface area is 219 Å². The maximum atomic E-state index is 14.4. The fourth-order valence-electron chi connectivity index (χ4n) is 4.49. The van der Waals surface area contributed by atoms with Crippen LogP contribution in [0.5, 0.6) is 0 Å². The van der Waals surface area contributed by atoms with E-state index in [1.165, 1.54) is 28.4 Å². The number of nitrogens with zero attached hydrogens (tertiary/aromatic N) is 3. The zero-order valence-electron chi connectivity index (χ0n) is 19.7. The average molecular weight is 557 g/mol. The smallest absolute Gasteiger partial charge is 0.338 e. The highest BCUT2D eigenvalue weighted by molar-refractivity contribution is 7.11. The number of rotatable bonds is 9. The van der Waals surface area contributed by atoms with Crippen LogP contribution >= 0.6 is 22.9 Å². The molecule has 4 rings (SSSR count). The first-order chi connectivity index (χ1) is 17.6. The highest BCUT2D eigenvalue weighted by Crippen LogP contribution is 2.39. The van der Waals surface area contributed by atoms with Crippen LogP contribution in [0.3, 0.4) is 0 Å². The second-order valence-electron chi connectivity index (χ2n) is 8.67. The van der Waals surface area contributed by atoms with Crippen LogP contribution in [0.4, 0.5) is 13.2 Å². The van der Waals surface area contributed by atoms with E-state index >= 15 is 0 Å². The number of carboxylic acids is 1. The maximum absolute atomic E-state index is 14.4. The van der Waals surface area contributed by atoms with Gasteiger partial charge in [-0.05, 0) is 25.5 Å². The summed E-state index contributed by atoms with van der Waals surface area (Å²) in [5, 5.41) is 14.4. The summed E-state index contributed by atoms with van der Waals surface area (Å²) in [6.45, 7) is 0.936. The number of benzene rings is 1. The van der Waals surface area contributed by atoms with Gasteiger partial charge in [0.05, 0.1) is 18.7 Å². The minimum Gasteiger partial charge on any atom is -0.481 e. The van der Waals surface area contributed by atoms with Crippen LogP contribution in [0, 0.1) is 5.82 Å². The summed E-state index contributed by atoms with van der Waals surface area (Å²) in [5.41, 5.74) is 0.623. The van der Waals surface area contributed by atoms with Crippen molar-refractivity contribution in [3.63, 3.8) is 0 Å². The van der Waals surface area contributed by atoms with Crippen molar-refractivity contribution >= 4 is 40.7 Å². The molecule has 0 radical (unpaired) electrons. The number of carbonyl (C=O) groups excluding carboxylic acids is 1. The Kier molecular flexibility index (Phi) is 8.20. The van der Waals surface area contributed by atoms with Crippen LogP contribution in [-0.2, 0) is 14.3 Å². The SMILES string of the molecule is CCOC(=O)C1=C(CN2CC(F)(F)C[C@@H]2CCC(=O)O)NC(c2nccs2)=N[C@H]1c1ccc(F)cc1Cl. The highest BCUT2D eigenvalue weighted by Gasteiger charge is 2.46. The topological polar surface area (TPSA) is 104 Å². The van der Waals surface area contributed by atoms with Crippen LogP contribution in [-0.4, -0.2) is 64.4 Å². The molecule has 37 heavy (non-hydrogen) atoms. The number of amidine groups is 1. The number of ether oxygens (including phenoxy) is 1. The number of carboxylic acid groups (broad SMARTS) is 1. The highest BCUT2D eigenvalue weighted by atomic mass is 35.5. The van der Waals surface area contributed by atoms with E-state index in [1.54, 1.807) is 18.5 Å². The van der Waals surface area contributed by atoms with Gasteiger partial charge in [-0.15, -0.1) is 11.3 Å². The van der Waals surface area contributed by atoms with E-state index in [2.05, 4.69) is 15.3 Å². The number of aliphatic carboxylic acids is 1. The summed E-state index contributed by atoms with van der Waals surface area (Å²) in [7, 11) is 0. The minimum absolute atomic E-state index is 0.0214. The monoisotopic (exact) mass is 556 g/mol. The maximum Gasteiger partial charge on any atom is 0.338 e. The van der Waals surface area contributed by atoms with E-state index in [0.717, 1.165) is 6.07 Å². The van der Waals surface area contributed by atoms with Gasteiger partial charge in [-0.25, -0.2) is 22.9 Å². The molecule has 2 aliphatic heterocycles. The molecule has 0 amide bonds. The molecule has 2 aliphatic rings. The zero-order valence-corrected chi connectivity index (χ0v) is 21.3. The standard InChI is InChI=1S/C24H24ClF3N4O4S/c1-2-36-23(35)19-17(11-32-12-24(27,28)10-14(32)4-6-18(33)34)30-21(22-29-7-8-37-22)31-20(19)15-5-3-13(26)9-16(15)25/h3,5,7-9,14,20H,2,4,6,10-12H2,1H3,(H,30,31)(H,33,34)/t14-,20-/m0/s1. The van der Waals surface area contributed by atoms with Crippen molar-refractivity contribution in [1.29, 1.82) is 0 Å². The van der Waals surface area contributed by atoms with E-state index in [0.29, 0.717) is 10.6 Å². The molecule has 1 saturated heterocycles. The summed E-state index contributed by atoms with van der Waals surface area (Å²) < 4.78 is 48.0. The van der Waals surface area contributed by atoms with Gasteiger partial charge >= 0.3 is 11.9 Å². The van der Waals surface area contributed by atoms with Crippen molar-refractivity contribution in [2.45, 2.75) is 44.2 Å². The van der Waals surface area contributed by atoms with Crippen molar-refractivity contribution in [3.05, 3.63) is 62.5 Å². The Bertz CT molecular complexity index is 1240. The van der Waals surface area contributed by atoms with Gasteiger partial charge in [-0.3, -0.25) is 14.7 Å². The summed E-state index contributed by atoms with van der Waals surface area (Å²) >= 11 is 7.62. The second kappa shape index (κ2) is 11.2. The van der Waals surface area contributed by atoms with E-state index in [1.807, 2.05) is 0 Å². The van der Waals surface area contributed by atoms with Crippen molar-refractivity contribution in [3.8, 4) is 0 Å². The molecular weight excluding hydrogens is 533 g/mol. The Hall–Kier alpha value is -2.96. The third-order valence-electron chi connectivity index (χ3n) is 6.05. The van der Waals surface area contributed by atoms with Gasteiger partial charge in [-0.1, -0.05) is 17.7 Å². The van der Waals surface area contributed by atoms with E-state index < -0.39 is 48.7 Å². The molecule has 13 heteroatoms. The van der Waals surface area contributed by atoms with E-state index in [4.69, 9.17) is 21.4 Å². The molecule has 198 valence electrons. The Morgan fingerprint density at radius 1 is 1.38 bits per heavy atom. The normalized spacial score (nSPS) is 21.5. The number of nitrogens with one attached hydrogen (secondary N) is 1. The van der Waals surface area contributed by atoms with Crippen LogP contribution in [0.2, 0.25) is 5.02 Å². The summed E-state index contributed by atoms with van der Waals surface area (Å²) in [6, 6.07) is 1.95. The number of aromatic nitrogens is 1. The summed E-state index contributed by atoms with van der Waals surface area (Å²) in [6.07, 6.45) is 0.821. The lowest BCUT2D eigenvalue weighted by Crippen LogP contribution is -2.41. The lowest BCUT2D eigenvalue weighted by molar-refractivity contribution is -0.139. The first kappa shape index (κ1) is 27.1. The van der Waals surface area contributed by atoms with E-state index in [9.17, 15) is 22.8 Å². The van der Waals surface area contributed by atoms with Gasteiger partial charge in [0.2, 0.25) is 0 Å². The van der Waals surface area contributed by atoms with E-state index in [-0.39, 0.29) is 48.1 Å². The number of esters is 1. The average Bonchev–Trinajstić information content (AvgIpc) is 3.45. The summed E-state index contributed by atoms with van der Waals surface area (Å²) in [5.74, 6) is -5.12. The molecule has 0 spiro atoms. The van der Waals surface area contributed by atoms with Crippen LogP contribution in [0.25, 0.3) is 0 Å². The molecular formula is C24H24ClF3N4O4S. The fraction of sp³-hybridized carbons (Fsp3) is 0.417.